The minimum Gasteiger partial charge on any atom is -0.478 e. The second kappa shape index (κ2) is 4.21. The van der Waals surface area contributed by atoms with Crippen molar-refractivity contribution in [2.24, 2.45) is 7.05 Å². The van der Waals surface area contributed by atoms with Crippen molar-refractivity contribution in [1.29, 1.82) is 0 Å². The van der Waals surface area contributed by atoms with E-state index in [1.807, 2.05) is 0 Å². The molecule has 0 saturated heterocycles. The fraction of sp³-hybridized carbons (Fsp3) is 0.300. The molecule has 7 heteroatoms. The molecular weight excluding hydrogens is 244 g/mol. The van der Waals surface area contributed by atoms with Crippen LogP contribution in [0.3, 0.4) is 0 Å². The van der Waals surface area contributed by atoms with E-state index in [0.717, 1.165) is 5.82 Å². The Balaban J connectivity index is 2.31. The van der Waals surface area contributed by atoms with Crippen LogP contribution in [0.25, 0.3) is 0 Å². The number of carboxylic acid groups (broad SMARTS) is 1. The van der Waals surface area contributed by atoms with Gasteiger partial charge >= 0.3 is 5.97 Å². The van der Waals surface area contributed by atoms with Crippen LogP contribution in [0.5, 0.6) is 0 Å². The highest BCUT2D eigenvalue weighted by Crippen LogP contribution is 2.12. The summed E-state index contributed by atoms with van der Waals surface area (Å²) in [6.45, 7) is 2.10. The first kappa shape index (κ1) is 11.7. The van der Waals surface area contributed by atoms with E-state index in [9.17, 15) is 4.79 Å². The van der Waals surface area contributed by atoms with E-state index in [-0.39, 0.29) is 5.56 Å². The predicted molar refractivity (Wildman–Crippen MR) is 61.2 cm³/mol. The molecule has 0 aliphatic rings. The van der Waals surface area contributed by atoms with Crippen LogP contribution in [-0.4, -0.2) is 30.4 Å². The van der Waals surface area contributed by atoms with Crippen LogP contribution in [0.15, 0.2) is 12.4 Å². The van der Waals surface area contributed by atoms with Gasteiger partial charge in [-0.2, -0.15) is 5.10 Å². The maximum absolute atomic E-state index is 10.9. The van der Waals surface area contributed by atoms with Crippen LogP contribution in [0.2, 0.25) is 5.15 Å². The summed E-state index contributed by atoms with van der Waals surface area (Å²) in [4.78, 5) is 15.0. The quantitative estimate of drug-likeness (QED) is 0.897. The average molecular weight is 255 g/mol. The topological polar surface area (TPSA) is 72.9 Å². The number of carbonyl (C=O) groups is 1. The van der Waals surface area contributed by atoms with Crippen LogP contribution in [-0.2, 0) is 13.6 Å². The molecule has 0 aliphatic heterocycles. The normalized spacial score (nSPS) is 10.8. The van der Waals surface area contributed by atoms with Crippen molar-refractivity contribution >= 4 is 17.6 Å². The summed E-state index contributed by atoms with van der Waals surface area (Å²) in [6, 6.07) is 0. The number of carboxylic acids is 1. The van der Waals surface area contributed by atoms with Gasteiger partial charge in [0.05, 0.1) is 24.6 Å². The molecule has 2 aromatic heterocycles. The average Bonchev–Trinajstić information content (AvgIpc) is 2.77. The van der Waals surface area contributed by atoms with E-state index in [0.29, 0.717) is 17.4 Å². The number of hydrogen-bond donors (Lipinski definition) is 1. The Hall–Kier alpha value is -1.82. The smallest absolute Gasteiger partial charge is 0.339 e. The summed E-state index contributed by atoms with van der Waals surface area (Å²) < 4.78 is 3.31. The molecule has 17 heavy (non-hydrogen) atoms. The maximum Gasteiger partial charge on any atom is 0.339 e. The third-order valence-electron chi connectivity index (χ3n) is 2.65. The van der Waals surface area contributed by atoms with Crippen LogP contribution < -0.4 is 0 Å². The Bertz CT molecular complexity index is 573. The molecule has 0 aromatic carbocycles. The first-order valence-electron chi connectivity index (χ1n) is 4.92. The minimum atomic E-state index is -0.980. The van der Waals surface area contributed by atoms with Crippen molar-refractivity contribution in [3.8, 4) is 0 Å². The lowest BCUT2D eigenvalue weighted by Crippen LogP contribution is -2.10. The van der Waals surface area contributed by atoms with Crippen LogP contribution in [0.1, 0.15) is 21.9 Å². The van der Waals surface area contributed by atoms with E-state index in [1.54, 1.807) is 29.4 Å². The van der Waals surface area contributed by atoms with Crippen LogP contribution in [0, 0.1) is 6.92 Å². The molecular formula is C10H11ClN4O2. The van der Waals surface area contributed by atoms with Gasteiger partial charge in [0, 0.05) is 7.05 Å². The van der Waals surface area contributed by atoms with Crippen molar-refractivity contribution in [3.63, 3.8) is 0 Å². The maximum atomic E-state index is 10.9. The summed E-state index contributed by atoms with van der Waals surface area (Å²) in [5.74, 6) is -0.259. The van der Waals surface area contributed by atoms with E-state index < -0.39 is 5.97 Å². The molecule has 0 fully saturated rings. The summed E-state index contributed by atoms with van der Waals surface area (Å²) >= 11 is 5.87. The Kier molecular flexibility index (Phi) is 2.89. The summed E-state index contributed by atoms with van der Waals surface area (Å²) in [5.41, 5.74) is 0.793. The monoisotopic (exact) mass is 254 g/mol. The van der Waals surface area contributed by atoms with E-state index in [1.165, 1.54) is 6.20 Å². The molecule has 2 aromatic rings. The lowest BCUT2D eigenvalue weighted by Gasteiger charge is -2.05. The van der Waals surface area contributed by atoms with Gasteiger partial charge in [0.2, 0.25) is 0 Å². The molecule has 0 atom stereocenters. The zero-order valence-corrected chi connectivity index (χ0v) is 10.1. The zero-order chi connectivity index (χ0) is 12.6. The van der Waals surface area contributed by atoms with Crippen molar-refractivity contribution < 1.29 is 9.90 Å². The van der Waals surface area contributed by atoms with Gasteiger partial charge in [0.15, 0.2) is 0 Å². The molecule has 0 spiro atoms. The van der Waals surface area contributed by atoms with Crippen LogP contribution >= 0.6 is 11.6 Å². The van der Waals surface area contributed by atoms with Crippen molar-refractivity contribution in [2.75, 3.05) is 0 Å². The molecule has 90 valence electrons. The third kappa shape index (κ3) is 2.03. The van der Waals surface area contributed by atoms with Gasteiger partial charge in [-0.05, 0) is 6.92 Å². The lowest BCUT2D eigenvalue weighted by molar-refractivity contribution is 0.0696. The highest BCUT2D eigenvalue weighted by molar-refractivity contribution is 6.29. The Labute approximate surface area is 102 Å². The van der Waals surface area contributed by atoms with Crippen molar-refractivity contribution in [2.45, 2.75) is 13.5 Å². The number of hydrogen-bond acceptors (Lipinski definition) is 3. The molecule has 0 radical (unpaired) electrons. The number of aromatic carboxylic acids is 1. The highest BCUT2D eigenvalue weighted by Gasteiger charge is 2.14. The summed E-state index contributed by atoms with van der Waals surface area (Å²) in [6.07, 6.45) is 2.88. The second-order valence-electron chi connectivity index (χ2n) is 3.66. The molecule has 0 amide bonds. The standard InChI is InChI=1S/C10H11ClN4O2/c1-6-7(10(16)17)3-13-15(6)5-9-12-4-8(11)14(9)2/h3-4H,5H2,1-2H3,(H,16,17). The largest absolute Gasteiger partial charge is 0.478 e. The Morgan fingerprint density at radius 2 is 2.24 bits per heavy atom. The van der Waals surface area contributed by atoms with Gasteiger partial charge in [-0.25, -0.2) is 9.78 Å². The number of aromatic nitrogens is 4. The van der Waals surface area contributed by atoms with Gasteiger partial charge in [0.25, 0.3) is 0 Å². The van der Waals surface area contributed by atoms with Gasteiger partial charge in [0.1, 0.15) is 16.5 Å². The first-order valence-corrected chi connectivity index (χ1v) is 5.30. The SMILES string of the molecule is Cc1c(C(=O)O)cnn1Cc1ncc(Cl)n1C. The van der Waals surface area contributed by atoms with Gasteiger partial charge < -0.3 is 9.67 Å². The fourth-order valence-corrected chi connectivity index (χ4v) is 1.67. The zero-order valence-electron chi connectivity index (χ0n) is 9.38. The van der Waals surface area contributed by atoms with Gasteiger partial charge in [-0.3, -0.25) is 4.68 Å². The fourth-order valence-electron chi connectivity index (χ4n) is 1.52. The molecule has 0 aliphatic carbocycles. The minimum absolute atomic E-state index is 0.199. The summed E-state index contributed by atoms with van der Waals surface area (Å²) in [7, 11) is 1.79. The number of imidazole rings is 1. The number of rotatable bonds is 3. The summed E-state index contributed by atoms with van der Waals surface area (Å²) in [5, 5.41) is 13.5. The third-order valence-corrected chi connectivity index (χ3v) is 3.00. The predicted octanol–water partition coefficient (Wildman–Crippen LogP) is 1.32. The molecule has 0 bridgehead atoms. The molecule has 0 unspecified atom stereocenters. The molecule has 2 rings (SSSR count). The highest BCUT2D eigenvalue weighted by atomic mass is 35.5. The number of nitrogens with zero attached hydrogens (tertiary/aromatic N) is 4. The Morgan fingerprint density at radius 1 is 1.53 bits per heavy atom. The number of halogens is 1. The van der Waals surface area contributed by atoms with Crippen molar-refractivity contribution in [3.05, 3.63) is 34.6 Å². The van der Waals surface area contributed by atoms with Crippen LogP contribution in [0.4, 0.5) is 0 Å². The molecule has 0 saturated carbocycles. The molecule has 6 nitrogen and oxygen atoms in total. The van der Waals surface area contributed by atoms with Gasteiger partial charge in [-0.1, -0.05) is 11.6 Å². The molecule has 1 N–H and O–H groups in total. The van der Waals surface area contributed by atoms with Crippen molar-refractivity contribution in [1.82, 2.24) is 19.3 Å². The van der Waals surface area contributed by atoms with E-state index in [4.69, 9.17) is 16.7 Å². The lowest BCUT2D eigenvalue weighted by atomic mass is 10.3. The Morgan fingerprint density at radius 3 is 2.71 bits per heavy atom. The molecule has 2 heterocycles. The van der Waals surface area contributed by atoms with Gasteiger partial charge in [-0.15, -0.1) is 0 Å². The first-order chi connectivity index (χ1) is 8.00. The second-order valence-corrected chi connectivity index (χ2v) is 4.05. The van der Waals surface area contributed by atoms with E-state index >= 15 is 0 Å². The van der Waals surface area contributed by atoms with E-state index in [2.05, 4.69) is 10.1 Å².